The summed E-state index contributed by atoms with van der Waals surface area (Å²) in [5.74, 6) is -0.657. The molecule has 0 radical (unpaired) electrons. The zero-order valence-electron chi connectivity index (χ0n) is 16.1. The average molecular weight is 418 g/mol. The molecule has 2 saturated heterocycles. The number of amides is 2. The Kier molecular flexibility index (Phi) is 5.65. The van der Waals surface area contributed by atoms with E-state index >= 15 is 0 Å². The zero-order valence-corrected chi connectivity index (χ0v) is 16.9. The van der Waals surface area contributed by atoms with Crippen LogP contribution in [-0.2, 0) is 10.4 Å². The molecule has 2 fully saturated rings. The second kappa shape index (κ2) is 8.20. The van der Waals surface area contributed by atoms with Crippen molar-refractivity contribution in [2.24, 2.45) is 5.92 Å². The summed E-state index contributed by atoms with van der Waals surface area (Å²) in [7, 11) is 0. The Labute approximate surface area is 173 Å². The van der Waals surface area contributed by atoms with Gasteiger partial charge in [-0.15, -0.1) is 11.3 Å². The molecule has 2 aliphatic heterocycles. The van der Waals surface area contributed by atoms with E-state index < -0.39 is 11.5 Å². The number of carbonyl (C=O) groups excluding carboxylic acids is 2. The van der Waals surface area contributed by atoms with E-state index in [1.54, 1.807) is 17.0 Å². The number of pyridine rings is 1. The summed E-state index contributed by atoms with van der Waals surface area (Å²) in [6, 6.07) is 6.85. The highest BCUT2D eigenvalue weighted by Crippen LogP contribution is 2.34. The first-order chi connectivity index (χ1) is 14.0. The van der Waals surface area contributed by atoms with Crippen LogP contribution in [0.15, 0.2) is 35.8 Å². The van der Waals surface area contributed by atoms with Crippen LogP contribution in [-0.4, -0.2) is 57.9 Å². The van der Waals surface area contributed by atoms with Gasteiger partial charge in [-0.2, -0.15) is 4.39 Å². The monoisotopic (exact) mass is 417 g/mol. The smallest absolute Gasteiger partial charge is 0.263 e. The van der Waals surface area contributed by atoms with E-state index in [1.807, 2.05) is 22.4 Å². The summed E-state index contributed by atoms with van der Waals surface area (Å²) in [5, 5.41) is 12.7. The van der Waals surface area contributed by atoms with Crippen molar-refractivity contribution in [2.75, 3.05) is 26.2 Å². The van der Waals surface area contributed by atoms with Gasteiger partial charge in [0, 0.05) is 43.9 Å². The molecule has 6 nitrogen and oxygen atoms in total. The lowest BCUT2D eigenvalue weighted by Gasteiger charge is -2.40. The van der Waals surface area contributed by atoms with E-state index in [4.69, 9.17) is 0 Å². The molecule has 1 N–H and O–H groups in total. The number of nitrogens with zero attached hydrogens (tertiary/aromatic N) is 3. The minimum Gasteiger partial charge on any atom is -0.385 e. The van der Waals surface area contributed by atoms with Crippen LogP contribution < -0.4 is 0 Å². The Morgan fingerprint density at radius 3 is 2.45 bits per heavy atom. The van der Waals surface area contributed by atoms with Gasteiger partial charge in [-0.1, -0.05) is 12.1 Å². The maximum absolute atomic E-state index is 14.0. The third-order valence-corrected chi connectivity index (χ3v) is 6.88. The Hall–Kier alpha value is -2.32. The summed E-state index contributed by atoms with van der Waals surface area (Å²) < 4.78 is 14.0. The molecule has 29 heavy (non-hydrogen) atoms. The summed E-state index contributed by atoms with van der Waals surface area (Å²) in [6.45, 7) is 1.92. The van der Waals surface area contributed by atoms with Gasteiger partial charge in [0.2, 0.25) is 11.9 Å². The molecular weight excluding hydrogens is 393 g/mol. The molecule has 4 heterocycles. The molecule has 8 heteroatoms. The van der Waals surface area contributed by atoms with Gasteiger partial charge < -0.3 is 14.9 Å². The third-order valence-electron chi connectivity index (χ3n) is 6.03. The van der Waals surface area contributed by atoms with Gasteiger partial charge in [0.1, 0.15) is 0 Å². The minimum absolute atomic E-state index is 0.0347. The number of thiophene rings is 1. The lowest BCUT2D eigenvalue weighted by atomic mass is 9.84. The van der Waals surface area contributed by atoms with Crippen molar-refractivity contribution in [3.8, 4) is 0 Å². The fourth-order valence-corrected chi connectivity index (χ4v) is 4.93. The van der Waals surface area contributed by atoms with E-state index in [1.165, 1.54) is 17.5 Å². The molecular formula is C21H24FN3O3S. The first-order valence-electron chi connectivity index (χ1n) is 9.93. The van der Waals surface area contributed by atoms with Crippen molar-refractivity contribution in [3.05, 3.63) is 52.2 Å². The molecule has 2 aromatic heterocycles. The molecule has 2 aliphatic rings. The number of piperidine rings is 2. The van der Waals surface area contributed by atoms with Gasteiger partial charge in [-0.05, 0) is 43.2 Å². The summed E-state index contributed by atoms with van der Waals surface area (Å²) in [6.07, 6.45) is 3.23. The number of rotatable bonds is 3. The number of aromatic nitrogens is 1. The zero-order chi connectivity index (χ0) is 20.4. The minimum atomic E-state index is -1.29. The number of likely N-dealkylation sites (tertiary alicyclic amines) is 2. The number of hydrogen-bond acceptors (Lipinski definition) is 5. The van der Waals surface area contributed by atoms with Crippen LogP contribution >= 0.6 is 11.3 Å². The fraction of sp³-hybridized carbons (Fsp3) is 0.476. The van der Waals surface area contributed by atoms with Crippen molar-refractivity contribution in [1.29, 1.82) is 0 Å². The number of hydrogen-bond donors (Lipinski definition) is 1. The van der Waals surface area contributed by atoms with E-state index in [0.717, 1.165) is 4.88 Å². The van der Waals surface area contributed by atoms with E-state index in [-0.39, 0.29) is 36.1 Å². The number of halogens is 1. The summed E-state index contributed by atoms with van der Waals surface area (Å²) in [4.78, 5) is 33.3. The standard InChI is InChI=1S/C21H24FN3O3S/c22-18-16(3-1-9-23-18)21(28)7-12-25(13-8-21)19(26)15-5-10-24(11-6-15)20(27)17-4-2-14-29-17/h1-4,9,14-15,28H,5-8,10-13H2. The molecule has 0 atom stereocenters. The van der Waals surface area contributed by atoms with Crippen molar-refractivity contribution >= 4 is 23.2 Å². The lowest BCUT2D eigenvalue weighted by Crippen LogP contribution is -2.49. The average Bonchev–Trinajstić information content (AvgIpc) is 3.28. The maximum atomic E-state index is 14.0. The Bertz CT molecular complexity index is 873. The van der Waals surface area contributed by atoms with Crippen LogP contribution in [0.5, 0.6) is 0 Å². The highest BCUT2D eigenvalue weighted by Gasteiger charge is 2.39. The first-order valence-corrected chi connectivity index (χ1v) is 10.8. The van der Waals surface area contributed by atoms with E-state index in [9.17, 15) is 19.1 Å². The molecule has 0 bridgehead atoms. The topological polar surface area (TPSA) is 73.7 Å². The van der Waals surface area contributed by atoms with Crippen LogP contribution in [0.25, 0.3) is 0 Å². The fourth-order valence-electron chi connectivity index (χ4n) is 4.24. The maximum Gasteiger partial charge on any atom is 0.263 e. The van der Waals surface area contributed by atoms with Gasteiger partial charge in [-0.3, -0.25) is 9.59 Å². The lowest BCUT2D eigenvalue weighted by molar-refractivity contribution is -0.141. The summed E-state index contributed by atoms with van der Waals surface area (Å²) >= 11 is 1.43. The summed E-state index contributed by atoms with van der Waals surface area (Å²) in [5.41, 5.74) is -1.08. The van der Waals surface area contributed by atoms with Gasteiger partial charge in [0.25, 0.3) is 5.91 Å². The molecule has 2 amide bonds. The molecule has 4 rings (SSSR count). The van der Waals surface area contributed by atoms with E-state index in [0.29, 0.717) is 39.0 Å². The largest absolute Gasteiger partial charge is 0.385 e. The van der Waals surface area contributed by atoms with Crippen molar-refractivity contribution in [3.63, 3.8) is 0 Å². The molecule has 154 valence electrons. The van der Waals surface area contributed by atoms with Crippen LogP contribution in [0.4, 0.5) is 4.39 Å². The van der Waals surface area contributed by atoms with E-state index in [2.05, 4.69) is 4.98 Å². The Balaban J connectivity index is 1.31. The molecule has 0 saturated carbocycles. The molecule has 0 aromatic carbocycles. The second-order valence-electron chi connectivity index (χ2n) is 7.74. The Morgan fingerprint density at radius 1 is 1.10 bits per heavy atom. The van der Waals surface area contributed by atoms with Gasteiger partial charge >= 0.3 is 0 Å². The molecule has 0 unspecified atom stereocenters. The van der Waals surface area contributed by atoms with Crippen LogP contribution in [0.2, 0.25) is 0 Å². The van der Waals surface area contributed by atoms with Crippen LogP contribution in [0.3, 0.4) is 0 Å². The van der Waals surface area contributed by atoms with Crippen LogP contribution in [0, 0.1) is 11.9 Å². The first kappa shape index (κ1) is 20.0. The second-order valence-corrected chi connectivity index (χ2v) is 8.69. The highest BCUT2D eigenvalue weighted by molar-refractivity contribution is 7.12. The SMILES string of the molecule is O=C(c1cccs1)N1CCC(C(=O)N2CCC(O)(c3cccnc3F)CC2)CC1. The molecule has 0 spiro atoms. The highest BCUT2D eigenvalue weighted by atomic mass is 32.1. The Morgan fingerprint density at radius 2 is 1.83 bits per heavy atom. The van der Waals surface area contributed by atoms with Gasteiger partial charge in [-0.25, -0.2) is 4.98 Å². The van der Waals surface area contributed by atoms with Crippen LogP contribution in [0.1, 0.15) is 40.9 Å². The molecule has 2 aromatic rings. The molecule has 0 aliphatic carbocycles. The van der Waals surface area contributed by atoms with Gasteiger partial charge in [0.05, 0.1) is 10.5 Å². The van der Waals surface area contributed by atoms with Crippen molar-refractivity contribution < 1.29 is 19.1 Å². The van der Waals surface area contributed by atoms with Crippen molar-refractivity contribution in [2.45, 2.75) is 31.3 Å². The van der Waals surface area contributed by atoms with Crippen molar-refractivity contribution in [1.82, 2.24) is 14.8 Å². The predicted octanol–water partition coefficient (Wildman–Crippen LogP) is 2.64. The van der Waals surface area contributed by atoms with Gasteiger partial charge in [0.15, 0.2) is 0 Å². The third kappa shape index (κ3) is 4.04. The number of aliphatic hydroxyl groups is 1. The predicted molar refractivity (Wildman–Crippen MR) is 107 cm³/mol. The quantitative estimate of drug-likeness (QED) is 0.780. The number of carbonyl (C=O) groups is 2. The normalized spacial score (nSPS) is 19.9.